The van der Waals surface area contributed by atoms with Crippen LogP contribution >= 0.6 is 0 Å². The monoisotopic (exact) mass is 161 g/mol. The van der Waals surface area contributed by atoms with Crippen LogP contribution in [0.4, 0.5) is 4.79 Å². The van der Waals surface area contributed by atoms with Crippen LogP contribution in [0.2, 0.25) is 0 Å². The molecule has 0 radical (unpaired) electrons. The Morgan fingerprint density at radius 1 is 1.45 bits per heavy atom. The van der Waals surface area contributed by atoms with Gasteiger partial charge in [-0.25, -0.2) is 4.79 Å². The van der Waals surface area contributed by atoms with Crippen molar-refractivity contribution in [1.29, 1.82) is 0 Å². The van der Waals surface area contributed by atoms with Crippen molar-refractivity contribution >= 4 is 6.03 Å². The van der Waals surface area contributed by atoms with Gasteiger partial charge in [0.25, 0.3) is 0 Å². The molecule has 0 saturated heterocycles. The van der Waals surface area contributed by atoms with Crippen LogP contribution in [0.25, 0.3) is 0 Å². The summed E-state index contributed by atoms with van der Waals surface area (Å²) in [5, 5.41) is 5.50. The van der Waals surface area contributed by atoms with Gasteiger partial charge in [-0.3, -0.25) is 0 Å². The molecule has 0 aliphatic carbocycles. The summed E-state index contributed by atoms with van der Waals surface area (Å²) >= 11 is 0. The van der Waals surface area contributed by atoms with Gasteiger partial charge < -0.3 is 21.1 Å². The fourth-order valence-electron chi connectivity index (χ4n) is 0.573. The topological polar surface area (TPSA) is 76.4 Å². The van der Waals surface area contributed by atoms with E-state index >= 15 is 0 Å². The third-order valence-corrected chi connectivity index (χ3v) is 1.08. The largest absolute Gasteiger partial charge is 0.383 e. The first kappa shape index (κ1) is 10.2. The van der Waals surface area contributed by atoms with Crippen molar-refractivity contribution in [2.75, 3.05) is 33.4 Å². The second kappa shape index (κ2) is 7.30. The average Bonchev–Trinajstić information content (AvgIpc) is 1.96. The van der Waals surface area contributed by atoms with Gasteiger partial charge in [-0.15, -0.1) is 0 Å². The standard InChI is InChI=1S/C6H15N3O2/c1-11-5-4-8-2-3-9-6(7)10/h8H,2-5H2,1H3,(H3,7,9,10). The lowest BCUT2D eigenvalue weighted by Crippen LogP contribution is -2.36. The molecule has 0 unspecified atom stereocenters. The molecular weight excluding hydrogens is 146 g/mol. The molecule has 0 rings (SSSR count). The van der Waals surface area contributed by atoms with Crippen molar-refractivity contribution in [2.24, 2.45) is 5.73 Å². The number of carbonyl (C=O) groups is 1. The maximum Gasteiger partial charge on any atom is 0.312 e. The van der Waals surface area contributed by atoms with E-state index in [0.29, 0.717) is 19.7 Å². The first-order chi connectivity index (χ1) is 5.27. The highest BCUT2D eigenvalue weighted by Crippen LogP contribution is 1.63. The van der Waals surface area contributed by atoms with Gasteiger partial charge in [-0.2, -0.15) is 0 Å². The van der Waals surface area contributed by atoms with Gasteiger partial charge in [0.15, 0.2) is 0 Å². The van der Waals surface area contributed by atoms with Crippen molar-refractivity contribution in [3.05, 3.63) is 0 Å². The molecule has 0 aromatic heterocycles. The minimum absolute atomic E-state index is 0.487. The van der Waals surface area contributed by atoms with Crippen molar-refractivity contribution in [3.8, 4) is 0 Å². The Hall–Kier alpha value is -0.810. The molecule has 5 heteroatoms. The lowest BCUT2D eigenvalue weighted by molar-refractivity contribution is 0.199. The van der Waals surface area contributed by atoms with Gasteiger partial charge in [0.05, 0.1) is 6.61 Å². The third kappa shape index (κ3) is 9.19. The smallest absolute Gasteiger partial charge is 0.312 e. The number of ether oxygens (including phenoxy) is 1. The number of urea groups is 1. The average molecular weight is 161 g/mol. The van der Waals surface area contributed by atoms with Crippen LogP contribution < -0.4 is 16.4 Å². The second-order valence-corrected chi connectivity index (χ2v) is 2.03. The molecule has 0 saturated carbocycles. The Morgan fingerprint density at radius 2 is 2.18 bits per heavy atom. The summed E-state index contributed by atoms with van der Waals surface area (Å²) in [6.07, 6.45) is 0. The summed E-state index contributed by atoms with van der Waals surface area (Å²) in [4.78, 5) is 10.1. The molecule has 2 amide bonds. The molecule has 4 N–H and O–H groups in total. The molecule has 0 aliphatic rings. The van der Waals surface area contributed by atoms with Crippen LogP contribution in [0, 0.1) is 0 Å². The second-order valence-electron chi connectivity index (χ2n) is 2.03. The van der Waals surface area contributed by atoms with Crippen LogP contribution in [0.1, 0.15) is 0 Å². The minimum Gasteiger partial charge on any atom is -0.383 e. The Morgan fingerprint density at radius 3 is 2.73 bits per heavy atom. The van der Waals surface area contributed by atoms with E-state index in [-0.39, 0.29) is 0 Å². The number of amides is 2. The highest BCUT2D eigenvalue weighted by molar-refractivity contribution is 5.71. The first-order valence-electron chi connectivity index (χ1n) is 3.50. The van der Waals surface area contributed by atoms with Crippen molar-refractivity contribution < 1.29 is 9.53 Å². The summed E-state index contributed by atoms with van der Waals surface area (Å²) in [6, 6.07) is -0.487. The lowest BCUT2D eigenvalue weighted by Gasteiger charge is -2.03. The number of nitrogens with one attached hydrogen (secondary N) is 2. The van der Waals surface area contributed by atoms with E-state index in [1.54, 1.807) is 7.11 Å². The fraction of sp³-hybridized carbons (Fsp3) is 0.833. The quantitative estimate of drug-likeness (QED) is 0.432. The Labute approximate surface area is 66.3 Å². The summed E-state index contributed by atoms with van der Waals surface area (Å²) in [5.41, 5.74) is 4.83. The number of carbonyl (C=O) groups excluding carboxylic acids is 1. The van der Waals surface area contributed by atoms with Crippen LogP contribution in [-0.2, 0) is 4.74 Å². The van der Waals surface area contributed by atoms with Gasteiger partial charge in [0, 0.05) is 26.7 Å². The highest BCUT2D eigenvalue weighted by atomic mass is 16.5. The summed E-state index contributed by atoms with van der Waals surface area (Å²) in [5.74, 6) is 0. The molecule has 0 aromatic rings. The van der Waals surface area contributed by atoms with Gasteiger partial charge in [-0.1, -0.05) is 0 Å². The molecule has 0 fully saturated rings. The molecular formula is C6H15N3O2. The van der Waals surface area contributed by atoms with E-state index in [1.165, 1.54) is 0 Å². The van der Waals surface area contributed by atoms with Crippen molar-refractivity contribution in [1.82, 2.24) is 10.6 Å². The highest BCUT2D eigenvalue weighted by Gasteiger charge is 1.89. The van der Waals surface area contributed by atoms with E-state index in [1.807, 2.05) is 0 Å². The van der Waals surface area contributed by atoms with Gasteiger partial charge in [-0.05, 0) is 0 Å². The van der Waals surface area contributed by atoms with Crippen LogP contribution in [0.15, 0.2) is 0 Å². The maximum atomic E-state index is 10.1. The first-order valence-corrected chi connectivity index (χ1v) is 3.50. The minimum atomic E-state index is -0.487. The Kier molecular flexibility index (Phi) is 6.76. The van der Waals surface area contributed by atoms with Crippen molar-refractivity contribution in [2.45, 2.75) is 0 Å². The number of primary amides is 1. The number of hydrogen-bond donors (Lipinski definition) is 3. The summed E-state index contributed by atoms with van der Waals surface area (Å²) in [7, 11) is 1.64. The summed E-state index contributed by atoms with van der Waals surface area (Å²) < 4.78 is 4.79. The molecule has 0 aromatic carbocycles. The lowest BCUT2D eigenvalue weighted by atomic mass is 10.6. The predicted molar refractivity (Wildman–Crippen MR) is 42.3 cm³/mol. The fourth-order valence-corrected chi connectivity index (χ4v) is 0.573. The SMILES string of the molecule is COCCNCCNC(N)=O. The van der Waals surface area contributed by atoms with E-state index in [2.05, 4.69) is 10.6 Å². The molecule has 0 atom stereocenters. The van der Waals surface area contributed by atoms with Crippen molar-refractivity contribution in [3.63, 3.8) is 0 Å². The van der Waals surface area contributed by atoms with Crippen LogP contribution in [-0.4, -0.2) is 39.4 Å². The number of methoxy groups -OCH3 is 1. The van der Waals surface area contributed by atoms with E-state index in [4.69, 9.17) is 10.5 Å². The maximum absolute atomic E-state index is 10.1. The van der Waals surface area contributed by atoms with Gasteiger partial charge >= 0.3 is 6.03 Å². The van der Waals surface area contributed by atoms with Gasteiger partial charge in [0.1, 0.15) is 0 Å². The third-order valence-electron chi connectivity index (χ3n) is 1.08. The number of hydrogen-bond acceptors (Lipinski definition) is 3. The normalized spacial score (nSPS) is 9.55. The molecule has 0 spiro atoms. The summed E-state index contributed by atoms with van der Waals surface area (Å²) in [6.45, 7) is 2.73. The molecule has 5 nitrogen and oxygen atoms in total. The Balaban J connectivity index is 2.85. The van der Waals surface area contributed by atoms with E-state index in [0.717, 1.165) is 6.54 Å². The Bertz CT molecular complexity index is 108. The molecule has 11 heavy (non-hydrogen) atoms. The zero-order valence-corrected chi connectivity index (χ0v) is 6.72. The van der Waals surface area contributed by atoms with E-state index in [9.17, 15) is 4.79 Å². The van der Waals surface area contributed by atoms with Gasteiger partial charge in [0.2, 0.25) is 0 Å². The zero-order chi connectivity index (χ0) is 8.53. The van der Waals surface area contributed by atoms with Crippen LogP contribution in [0.3, 0.4) is 0 Å². The molecule has 66 valence electrons. The number of rotatable bonds is 6. The predicted octanol–water partition coefficient (Wildman–Crippen LogP) is -1.11. The molecule has 0 bridgehead atoms. The zero-order valence-electron chi connectivity index (χ0n) is 6.72. The molecule has 0 aliphatic heterocycles. The molecule has 0 heterocycles. The van der Waals surface area contributed by atoms with Crippen LogP contribution in [0.5, 0.6) is 0 Å². The van der Waals surface area contributed by atoms with E-state index < -0.39 is 6.03 Å². The number of nitrogens with two attached hydrogens (primary N) is 1.